The van der Waals surface area contributed by atoms with Gasteiger partial charge in [-0.2, -0.15) is 5.10 Å². The van der Waals surface area contributed by atoms with Crippen LogP contribution in [0.4, 0.5) is 0 Å². The van der Waals surface area contributed by atoms with Gasteiger partial charge in [-0.1, -0.05) is 17.7 Å². The number of aryl methyl sites for hydroxylation is 1. The van der Waals surface area contributed by atoms with E-state index in [1.807, 2.05) is 31.2 Å². The highest BCUT2D eigenvalue weighted by Crippen LogP contribution is 2.22. The average Bonchev–Trinajstić information content (AvgIpc) is 2.76. The van der Waals surface area contributed by atoms with Crippen LogP contribution < -0.4 is 0 Å². The van der Waals surface area contributed by atoms with Crippen LogP contribution in [0.3, 0.4) is 0 Å². The molecule has 0 saturated carbocycles. The number of aromatic nitrogens is 3. The van der Waals surface area contributed by atoms with Crippen molar-refractivity contribution in [1.82, 2.24) is 14.8 Å². The lowest BCUT2D eigenvalue weighted by molar-refractivity contribution is 0.112. The first-order valence-electron chi connectivity index (χ1n) is 5.75. The van der Waals surface area contributed by atoms with Crippen LogP contribution in [-0.2, 0) is 0 Å². The number of aldehydes is 1. The molecule has 94 valence electrons. The second kappa shape index (κ2) is 4.48. The van der Waals surface area contributed by atoms with Crippen LogP contribution in [0.25, 0.3) is 16.7 Å². The van der Waals surface area contributed by atoms with Crippen LogP contribution in [0.2, 0.25) is 5.02 Å². The normalized spacial score (nSPS) is 10.8. The van der Waals surface area contributed by atoms with Gasteiger partial charge < -0.3 is 0 Å². The van der Waals surface area contributed by atoms with E-state index in [0.29, 0.717) is 16.2 Å². The molecule has 0 bridgehead atoms. The van der Waals surface area contributed by atoms with E-state index >= 15 is 0 Å². The minimum atomic E-state index is 0.543. The molecule has 0 saturated heterocycles. The maximum atomic E-state index is 10.8. The van der Waals surface area contributed by atoms with Crippen LogP contribution in [-0.4, -0.2) is 21.1 Å². The van der Waals surface area contributed by atoms with Gasteiger partial charge in [0.15, 0.2) is 11.9 Å². The lowest BCUT2D eigenvalue weighted by atomic mass is 10.2. The molecule has 0 unspecified atom stereocenters. The molecule has 2 aromatic heterocycles. The van der Waals surface area contributed by atoms with Gasteiger partial charge in [0, 0.05) is 22.2 Å². The molecule has 0 aliphatic rings. The van der Waals surface area contributed by atoms with Crippen LogP contribution in [0.15, 0.2) is 36.5 Å². The molecule has 0 aliphatic carbocycles. The molecule has 3 aromatic rings. The Hall–Kier alpha value is -2.20. The Morgan fingerprint density at radius 1 is 1.32 bits per heavy atom. The standard InChI is InChI=1S/C14H10ClN3O/c1-9-13-5-10(8-19)7-16-14(13)18(17-9)12-4-2-3-11(15)6-12/h2-8H,1H3. The molecular formula is C14H10ClN3O. The zero-order chi connectivity index (χ0) is 13.4. The second-order valence-electron chi connectivity index (χ2n) is 4.23. The van der Waals surface area contributed by atoms with Crippen LogP contribution >= 0.6 is 11.6 Å². The maximum Gasteiger partial charge on any atom is 0.163 e. The second-order valence-corrected chi connectivity index (χ2v) is 4.67. The molecule has 4 nitrogen and oxygen atoms in total. The summed E-state index contributed by atoms with van der Waals surface area (Å²) >= 11 is 5.99. The Morgan fingerprint density at radius 2 is 2.16 bits per heavy atom. The van der Waals surface area contributed by atoms with Gasteiger partial charge in [-0.25, -0.2) is 9.67 Å². The zero-order valence-corrected chi connectivity index (χ0v) is 10.9. The first-order valence-corrected chi connectivity index (χ1v) is 6.13. The fourth-order valence-electron chi connectivity index (χ4n) is 2.01. The highest BCUT2D eigenvalue weighted by Gasteiger charge is 2.11. The summed E-state index contributed by atoms with van der Waals surface area (Å²) in [6.45, 7) is 1.89. The van der Waals surface area contributed by atoms with Crippen LogP contribution in [0.5, 0.6) is 0 Å². The third-order valence-corrected chi connectivity index (χ3v) is 3.15. The summed E-state index contributed by atoms with van der Waals surface area (Å²) in [5.41, 5.74) is 2.93. The predicted octanol–water partition coefficient (Wildman–Crippen LogP) is 3.19. The van der Waals surface area contributed by atoms with E-state index in [-0.39, 0.29) is 0 Å². The topological polar surface area (TPSA) is 47.8 Å². The molecule has 0 aliphatic heterocycles. The summed E-state index contributed by atoms with van der Waals surface area (Å²) in [4.78, 5) is 15.1. The number of pyridine rings is 1. The molecule has 19 heavy (non-hydrogen) atoms. The Labute approximate surface area is 114 Å². The monoisotopic (exact) mass is 271 g/mol. The first kappa shape index (κ1) is 11.9. The molecule has 0 radical (unpaired) electrons. The number of rotatable bonds is 2. The number of halogens is 1. The van der Waals surface area contributed by atoms with Gasteiger partial charge in [-0.05, 0) is 31.2 Å². The van der Waals surface area contributed by atoms with Gasteiger partial charge >= 0.3 is 0 Å². The van der Waals surface area contributed by atoms with Crippen LogP contribution in [0.1, 0.15) is 16.1 Å². The highest BCUT2D eigenvalue weighted by atomic mass is 35.5. The molecule has 0 spiro atoms. The molecule has 0 fully saturated rings. The number of carbonyl (C=O) groups excluding carboxylic acids is 1. The lowest BCUT2D eigenvalue weighted by Gasteiger charge is -2.02. The molecule has 3 rings (SSSR count). The summed E-state index contributed by atoms with van der Waals surface area (Å²) in [7, 11) is 0. The number of benzene rings is 1. The molecule has 0 N–H and O–H groups in total. The first-order chi connectivity index (χ1) is 9.19. The lowest BCUT2D eigenvalue weighted by Crippen LogP contribution is -1.97. The molecule has 0 atom stereocenters. The van der Waals surface area contributed by atoms with Crippen LogP contribution in [0, 0.1) is 6.92 Å². The summed E-state index contributed by atoms with van der Waals surface area (Å²) < 4.78 is 1.73. The maximum absolute atomic E-state index is 10.8. The Kier molecular flexibility index (Phi) is 2.80. The fourth-order valence-corrected chi connectivity index (χ4v) is 2.20. The quantitative estimate of drug-likeness (QED) is 0.673. The predicted molar refractivity (Wildman–Crippen MR) is 74.0 cm³/mol. The van der Waals surface area contributed by atoms with Crippen molar-refractivity contribution in [2.45, 2.75) is 6.92 Å². The number of nitrogens with zero attached hydrogens (tertiary/aromatic N) is 3. The van der Waals surface area contributed by atoms with Crippen molar-refractivity contribution >= 4 is 28.9 Å². The van der Waals surface area contributed by atoms with E-state index < -0.39 is 0 Å². The van der Waals surface area contributed by atoms with Crippen molar-refractivity contribution in [3.63, 3.8) is 0 Å². The third-order valence-electron chi connectivity index (χ3n) is 2.92. The largest absolute Gasteiger partial charge is 0.298 e. The highest BCUT2D eigenvalue weighted by molar-refractivity contribution is 6.30. The average molecular weight is 272 g/mol. The third kappa shape index (κ3) is 2.00. The SMILES string of the molecule is Cc1nn(-c2cccc(Cl)c2)c2ncc(C=O)cc12. The van der Waals surface area contributed by atoms with Gasteiger partial charge in [-0.15, -0.1) is 0 Å². The minimum absolute atomic E-state index is 0.543. The fraction of sp³-hybridized carbons (Fsp3) is 0.0714. The van der Waals surface area contributed by atoms with Crippen molar-refractivity contribution < 1.29 is 4.79 Å². The number of hydrogen-bond acceptors (Lipinski definition) is 3. The van der Waals surface area contributed by atoms with Gasteiger partial charge in [0.25, 0.3) is 0 Å². The smallest absolute Gasteiger partial charge is 0.163 e. The van der Waals surface area contributed by atoms with E-state index in [9.17, 15) is 4.79 Å². The molecule has 1 aromatic carbocycles. The van der Waals surface area contributed by atoms with Crippen molar-refractivity contribution in [3.05, 3.63) is 52.8 Å². The number of fused-ring (bicyclic) bond motifs is 1. The molecule has 0 amide bonds. The van der Waals surface area contributed by atoms with E-state index in [1.165, 1.54) is 6.20 Å². The summed E-state index contributed by atoms with van der Waals surface area (Å²) in [6, 6.07) is 9.19. The van der Waals surface area contributed by atoms with E-state index in [2.05, 4.69) is 10.1 Å². The van der Waals surface area contributed by atoms with Gasteiger partial charge in [0.05, 0.1) is 11.4 Å². The van der Waals surface area contributed by atoms with E-state index in [4.69, 9.17) is 11.6 Å². The molecule has 5 heteroatoms. The number of hydrogen-bond donors (Lipinski definition) is 0. The summed E-state index contributed by atoms with van der Waals surface area (Å²) in [6.07, 6.45) is 2.32. The van der Waals surface area contributed by atoms with Crippen molar-refractivity contribution in [2.24, 2.45) is 0 Å². The van der Waals surface area contributed by atoms with Crippen molar-refractivity contribution in [2.75, 3.05) is 0 Å². The number of carbonyl (C=O) groups is 1. The summed E-state index contributed by atoms with van der Waals surface area (Å²) in [5, 5.41) is 5.96. The Bertz CT molecular complexity index is 779. The van der Waals surface area contributed by atoms with Gasteiger partial charge in [0.1, 0.15) is 0 Å². The van der Waals surface area contributed by atoms with Gasteiger partial charge in [-0.3, -0.25) is 4.79 Å². The minimum Gasteiger partial charge on any atom is -0.298 e. The van der Waals surface area contributed by atoms with E-state index in [0.717, 1.165) is 23.1 Å². The Morgan fingerprint density at radius 3 is 2.89 bits per heavy atom. The zero-order valence-electron chi connectivity index (χ0n) is 10.2. The summed E-state index contributed by atoms with van der Waals surface area (Å²) in [5.74, 6) is 0. The van der Waals surface area contributed by atoms with Gasteiger partial charge in [0.2, 0.25) is 0 Å². The molecular weight excluding hydrogens is 262 g/mol. The Balaban J connectivity index is 2.28. The van der Waals surface area contributed by atoms with Crippen molar-refractivity contribution in [1.29, 1.82) is 0 Å². The van der Waals surface area contributed by atoms with E-state index in [1.54, 1.807) is 10.7 Å². The molecule has 2 heterocycles. The van der Waals surface area contributed by atoms with Crippen molar-refractivity contribution in [3.8, 4) is 5.69 Å².